The standard InChI is InChI=1S/C12H12O3/c13-11(8-5-6-8)15-12-10-4-2-1-3-9(10)7-14-12/h1-4,8,12H,5-7H2/t12-/m1/s1. The molecule has 0 amide bonds. The van der Waals surface area contributed by atoms with Crippen LogP contribution in [0.3, 0.4) is 0 Å². The zero-order valence-corrected chi connectivity index (χ0v) is 8.31. The molecule has 3 rings (SSSR count). The van der Waals surface area contributed by atoms with Crippen LogP contribution in [0.5, 0.6) is 0 Å². The van der Waals surface area contributed by atoms with Crippen molar-refractivity contribution in [2.45, 2.75) is 25.7 Å². The minimum absolute atomic E-state index is 0.114. The maximum atomic E-state index is 11.5. The second kappa shape index (κ2) is 3.35. The van der Waals surface area contributed by atoms with Crippen molar-refractivity contribution >= 4 is 5.97 Å². The number of esters is 1. The summed E-state index contributed by atoms with van der Waals surface area (Å²) in [7, 11) is 0. The zero-order chi connectivity index (χ0) is 10.3. The van der Waals surface area contributed by atoms with Crippen LogP contribution in [0.25, 0.3) is 0 Å². The Morgan fingerprint density at radius 2 is 2.13 bits per heavy atom. The fourth-order valence-corrected chi connectivity index (χ4v) is 1.77. The molecule has 0 radical (unpaired) electrons. The summed E-state index contributed by atoms with van der Waals surface area (Å²) in [6.07, 6.45) is 1.45. The van der Waals surface area contributed by atoms with Gasteiger partial charge in [0.05, 0.1) is 12.5 Å². The lowest BCUT2D eigenvalue weighted by Gasteiger charge is -2.11. The average molecular weight is 204 g/mol. The predicted octanol–water partition coefficient (Wildman–Crippen LogP) is 2.17. The summed E-state index contributed by atoms with van der Waals surface area (Å²) in [6, 6.07) is 7.85. The van der Waals surface area contributed by atoms with Gasteiger partial charge in [0.15, 0.2) is 0 Å². The maximum absolute atomic E-state index is 11.5. The molecule has 3 nitrogen and oxygen atoms in total. The van der Waals surface area contributed by atoms with Gasteiger partial charge in [0.2, 0.25) is 6.29 Å². The molecule has 1 aromatic rings. The first-order valence-electron chi connectivity index (χ1n) is 5.24. The van der Waals surface area contributed by atoms with Crippen LogP contribution in [0, 0.1) is 5.92 Å². The third kappa shape index (κ3) is 1.63. The minimum Gasteiger partial charge on any atom is -0.431 e. The Morgan fingerprint density at radius 3 is 2.93 bits per heavy atom. The van der Waals surface area contributed by atoms with Crippen molar-refractivity contribution in [2.75, 3.05) is 0 Å². The Labute approximate surface area is 88.0 Å². The Hall–Kier alpha value is -1.35. The van der Waals surface area contributed by atoms with E-state index in [0.29, 0.717) is 6.61 Å². The number of carbonyl (C=O) groups is 1. The topological polar surface area (TPSA) is 35.5 Å². The van der Waals surface area contributed by atoms with Gasteiger partial charge in [-0.3, -0.25) is 4.79 Å². The molecule has 1 aromatic carbocycles. The van der Waals surface area contributed by atoms with E-state index in [2.05, 4.69) is 0 Å². The van der Waals surface area contributed by atoms with Crippen molar-refractivity contribution in [1.29, 1.82) is 0 Å². The van der Waals surface area contributed by atoms with Gasteiger partial charge in [0.1, 0.15) is 0 Å². The van der Waals surface area contributed by atoms with Gasteiger partial charge >= 0.3 is 5.97 Å². The van der Waals surface area contributed by atoms with Crippen molar-refractivity contribution in [1.82, 2.24) is 0 Å². The quantitative estimate of drug-likeness (QED) is 0.692. The van der Waals surface area contributed by atoms with Crippen LogP contribution in [0.15, 0.2) is 24.3 Å². The predicted molar refractivity (Wildman–Crippen MR) is 52.8 cm³/mol. The van der Waals surface area contributed by atoms with E-state index in [1.807, 2.05) is 24.3 Å². The average Bonchev–Trinajstić information content (AvgIpc) is 3.03. The molecule has 1 heterocycles. The number of ether oxygens (including phenoxy) is 2. The highest BCUT2D eigenvalue weighted by atomic mass is 16.7. The van der Waals surface area contributed by atoms with E-state index in [0.717, 1.165) is 24.0 Å². The lowest BCUT2D eigenvalue weighted by Crippen LogP contribution is -2.11. The van der Waals surface area contributed by atoms with Crippen molar-refractivity contribution in [2.24, 2.45) is 5.92 Å². The van der Waals surface area contributed by atoms with Gasteiger partial charge in [-0.25, -0.2) is 0 Å². The van der Waals surface area contributed by atoms with Gasteiger partial charge in [0, 0.05) is 5.56 Å². The summed E-state index contributed by atoms with van der Waals surface area (Å²) >= 11 is 0. The minimum atomic E-state index is -0.478. The Morgan fingerprint density at radius 1 is 1.33 bits per heavy atom. The number of carbonyl (C=O) groups excluding carboxylic acids is 1. The molecule has 0 unspecified atom stereocenters. The number of hydrogen-bond donors (Lipinski definition) is 0. The Bertz CT molecular complexity index is 396. The monoisotopic (exact) mass is 204 g/mol. The van der Waals surface area contributed by atoms with Crippen LogP contribution in [-0.4, -0.2) is 5.97 Å². The third-order valence-electron chi connectivity index (χ3n) is 2.83. The van der Waals surface area contributed by atoms with Crippen LogP contribution < -0.4 is 0 Å². The summed E-state index contributed by atoms with van der Waals surface area (Å²) in [5.74, 6) is 0.0121. The molecule has 2 aliphatic rings. The van der Waals surface area contributed by atoms with E-state index in [1.54, 1.807) is 0 Å². The van der Waals surface area contributed by atoms with Crippen LogP contribution in [0.1, 0.15) is 30.3 Å². The highest BCUT2D eigenvalue weighted by Gasteiger charge is 2.35. The SMILES string of the molecule is O=C(O[C@H]1OCc2ccccc21)C1CC1. The molecule has 1 aliphatic carbocycles. The van der Waals surface area contributed by atoms with Gasteiger partial charge in [-0.1, -0.05) is 24.3 Å². The lowest BCUT2D eigenvalue weighted by atomic mass is 10.1. The van der Waals surface area contributed by atoms with Crippen molar-refractivity contribution in [3.63, 3.8) is 0 Å². The van der Waals surface area contributed by atoms with E-state index in [1.165, 1.54) is 0 Å². The number of hydrogen-bond acceptors (Lipinski definition) is 3. The summed E-state index contributed by atoms with van der Waals surface area (Å²) in [6.45, 7) is 0.540. The molecular weight excluding hydrogens is 192 g/mol. The molecule has 0 saturated heterocycles. The van der Waals surface area contributed by atoms with Crippen LogP contribution >= 0.6 is 0 Å². The third-order valence-corrected chi connectivity index (χ3v) is 2.83. The highest BCUT2D eigenvalue weighted by molar-refractivity contribution is 5.75. The fourth-order valence-electron chi connectivity index (χ4n) is 1.77. The summed E-state index contributed by atoms with van der Waals surface area (Å²) in [5, 5.41) is 0. The van der Waals surface area contributed by atoms with E-state index >= 15 is 0 Å². The molecule has 0 N–H and O–H groups in total. The first-order chi connectivity index (χ1) is 7.34. The van der Waals surface area contributed by atoms with Gasteiger partial charge in [-0.15, -0.1) is 0 Å². The summed E-state index contributed by atoms with van der Waals surface area (Å²) < 4.78 is 10.7. The molecular formula is C12H12O3. The maximum Gasteiger partial charge on any atom is 0.311 e. The van der Waals surface area contributed by atoms with Crippen LogP contribution in [0.4, 0.5) is 0 Å². The second-order valence-corrected chi connectivity index (χ2v) is 4.05. The zero-order valence-electron chi connectivity index (χ0n) is 8.31. The molecule has 1 saturated carbocycles. The Balaban J connectivity index is 1.75. The van der Waals surface area contributed by atoms with Gasteiger partial charge < -0.3 is 9.47 Å². The Kier molecular flexibility index (Phi) is 1.99. The molecule has 0 bridgehead atoms. The van der Waals surface area contributed by atoms with Crippen LogP contribution in [0.2, 0.25) is 0 Å². The molecule has 1 atom stereocenters. The molecule has 0 aromatic heterocycles. The molecule has 1 fully saturated rings. The first kappa shape index (κ1) is 8.92. The molecule has 15 heavy (non-hydrogen) atoms. The van der Waals surface area contributed by atoms with Gasteiger partial charge in [-0.2, -0.15) is 0 Å². The van der Waals surface area contributed by atoms with Crippen LogP contribution in [-0.2, 0) is 20.9 Å². The fraction of sp³-hybridized carbons (Fsp3) is 0.417. The number of rotatable bonds is 2. The van der Waals surface area contributed by atoms with E-state index < -0.39 is 6.29 Å². The largest absolute Gasteiger partial charge is 0.431 e. The lowest BCUT2D eigenvalue weighted by molar-refractivity contribution is -0.179. The van der Waals surface area contributed by atoms with E-state index in [-0.39, 0.29) is 11.9 Å². The molecule has 1 aliphatic heterocycles. The first-order valence-corrected chi connectivity index (χ1v) is 5.24. The highest BCUT2D eigenvalue weighted by Crippen LogP contribution is 2.36. The van der Waals surface area contributed by atoms with E-state index in [4.69, 9.17) is 9.47 Å². The molecule has 78 valence electrons. The van der Waals surface area contributed by atoms with Gasteiger partial charge in [0.25, 0.3) is 0 Å². The van der Waals surface area contributed by atoms with Crippen molar-refractivity contribution in [3.8, 4) is 0 Å². The van der Waals surface area contributed by atoms with Gasteiger partial charge in [-0.05, 0) is 18.4 Å². The second-order valence-electron chi connectivity index (χ2n) is 4.05. The van der Waals surface area contributed by atoms with E-state index in [9.17, 15) is 4.79 Å². The summed E-state index contributed by atoms with van der Waals surface area (Å²) in [4.78, 5) is 11.5. The number of fused-ring (bicyclic) bond motifs is 1. The van der Waals surface area contributed by atoms with Crippen molar-refractivity contribution in [3.05, 3.63) is 35.4 Å². The normalized spacial score (nSPS) is 23.6. The van der Waals surface area contributed by atoms with Crippen molar-refractivity contribution < 1.29 is 14.3 Å². The summed E-state index contributed by atoms with van der Waals surface area (Å²) in [5.41, 5.74) is 2.11. The molecule has 0 spiro atoms. The smallest absolute Gasteiger partial charge is 0.311 e. The number of benzene rings is 1. The molecule has 3 heteroatoms.